The van der Waals surface area contributed by atoms with E-state index in [-0.39, 0.29) is 12.6 Å². The van der Waals surface area contributed by atoms with Gasteiger partial charge in [0.2, 0.25) is 5.84 Å². The standard InChI is InChI=1S/C13H11FN4O/c14-18-7-6-12-16-11(8-17(12)9-18)13(19)15-10-4-2-1-3-5-10/h1-8H,9H2,(H,15,19)/p+1. The van der Waals surface area contributed by atoms with Crippen LogP contribution in [0.5, 0.6) is 0 Å². The van der Waals surface area contributed by atoms with Crippen molar-refractivity contribution in [3.63, 3.8) is 0 Å². The summed E-state index contributed by atoms with van der Waals surface area (Å²) in [6.07, 6.45) is 4.47. The third kappa shape index (κ3) is 2.38. The highest BCUT2D eigenvalue weighted by molar-refractivity contribution is 6.06. The lowest BCUT2D eigenvalue weighted by molar-refractivity contribution is -0.763. The predicted molar refractivity (Wildman–Crippen MR) is 68.5 cm³/mol. The number of carbonyl (C=O) groups is 1. The molecular formula is C13H12FN4O+. The second-order valence-corrected chi connectivity index (χ2v) is 4.25. The molecule has 0 aromatic heterocycles. The Labute approximate surface area is 109 Å². The Balaban J connectivity index is 1.74. The maximum Gasteiger partial charge on any atom is 0.280 e. The van der Waals surface area contributed by atoms with Crippen molar-refractivity contribution in [2.24, 2.45) is 4.99 Å². The number of benzene rings is 1. The highest BCUT2D eigenvalue weighted by Crippen LogP contribution is 2.10. The van der Waals surface area contributed by atoms with Crippen molar-refractivity contribution in [1.82, 2.24) is 5.12 Å². The van der Waals surface area contributed by atoms with E-state index in [1.54, 1.807) is 24.4 Å². The van der Waals surface area contributed by atoms with E-state index in [0.29, 0.717) is 27.2 Å². The van der Waals surface area contributed by atoms with Crippen molar-refractivity contribution in [2.75, 3.05) is 12.0 Å². The Morgan fingerprint density at radius 3 is 2.95 bits per heavy atom. The maximum atomic E-state index is 13.0. The molecule has 0 saturated heterocycles. The Hall–Kier alpha value is -2.47. The number of quaternary nitrogens is 1. The fourth-order valence-electron chi connectivity index (χ4n) is 1.94. The van der Waals surface area contributed by atoms with Crippen molar-refractivity contribution < 1.29 is 14.2 Å². The van der Waals surface area contributed by atoms with E-state index in [1.165, 1.54) is 6.20 Å². The number of hydrogen-bond acceptors (Lipinski definition) is 3. The summed E-state index contributed by atoms with van der Waals surface area (Å²) in [7, 11) is 0. The first-order chi connectivity index (χ1) is 9.22. The Kier molecular flexibility index (Phi) is 2.85. The van der Waals surface area contributed by atoms with Gasteiger partial charge in [0, 0.05) is 18.0 Å². The van der Waals surface area contributed by atoms with Gasteiger partial charge in [0.25, 0.3) is 5.91 Å². The Morgan fingerprint density at radius 2 is 2.16 bits per heavy atom. The summed E-state index contributed by atoms with van der Waals surface area (Å²) in [5, 5.41) is 3.30. The molecule has 19 heavy (non-hydrogen) atoms. The highest BCUT2D eigenvalue weighted by atomic mass is 19.2. The molecule has 2 aliphatic rings. The van der Waals surface area contributed by atoms with Crippen LogP contribution in [-0.2, 0) is 4.79 Å². The number of para-hydroxylation sites is 1. The molecule has 96 valence electrons. The maximum absolute atomic E-state index is 13.0. The minimum Gasteiger partial charge on any atom is -0.320 e. The molecular weight excluding hydrogens is 247 g/mol. The molecule has 3 rings (SSSR count). The van der Waals surface area contributed by atoms with Gasteiger partial charge in [-0.05, 0) is 12.1 Å². The topological polar surface area (TPSA) is 49.1 Å². The molecule has 1 aromatic carbocycles. The van der Waals surface area contributed by atoms with Crippen LogP contribution in [0.15, 0.2) is 59.5 Å². The van der Waals surface area contributed by atoms with Crippen LogP contribution in [0.25, 0.3) is 0 Å². The zero-order chi connectivity index (χ0) is 13.2. The van der Waals surface area contributed by atoms with Crippen LogP contribution in [0.2, 0.25) is 0 Å². The molecule has 0 saturated carbocycles. The van der Waals surface area contributed by atoms with Gasteiger partial charge in [-0.2, -0.15) is 10.1 Å². The molecule has 0 bridgehead atoms. The lowest BCUT2D eigenvalue weighted by Crippen LogP contribution is -3.11. The second kappa shape index (κ2) is 4.66. The minimum atomic E-state index is -0.292. The van der Waals surface area contributed by atoms with Crippen LogP contribution in [-0.4, -0.2) is 23.5 Å². The summed E-state index contributed by atoms with van der Waals surface area (Å²) in [5.74, 6) is 0.353. The Bertz CT molecular complexity index is 594. The summed E-state index contributed by atoms with van der Waals surface area (Å²) >= 11 is 0. The van der Waals surface area contributed by atoms with Crippen molar-refractivity contribution in [1.29, 1.82) is 0 Å². The van der Waals surface area contributed by atoms with Gasteiger partial charge in [-0.1, -0.05) is 22.7 Å². The number of aliphatic imine (C=N–C) groups is 1. The minimum absolute atomic E-state index is 0.122. The number of nitrogens with zero attached hydrogens (tertiary/aromatic N) is 2. The van der Waals surface area contributed by atoms with Crippen LogP contribution < -0.4 is 10.2 Å². The molecule has 1 unspecified atom stereocenters. The summed E-state index contributed by atoms with van der Waals surface area (Å²) in [6.45, 7) is 0.122. The molecule has 0 fully saturated rings. The predicted octanol–water partition coefficient (Wildman–Crippen LogP) is 0.435. The van der Waals surface area contributed by atoms with Crippen LogP contribution in [0, 0.1) is 0 Å². The van der Waals surface area contributed by atoms with Crippen LogP contribution >= 0.6 is 0 Å². The zero-order valence-corrected chi connectivity index (χ0v) is 10.0. The smallest absolute Gasteiger partial charge is 0.280 e. The Morgan fingerprint density at radius 1 is 1.37 bits per heavy atom. The molecule has 2 aliphatic heterocycles. The molecule has 2 N–H and O–H groups in total. The number of rotatable bonds is 2. The van der Waals surface area contributed by atoms with Crippen molar-refractivity contribution in [3.05, 3.63) is 54.5 Å². The SMILES string of the molecule is O=C(Nc1ccccc1)C1=C[NH+]2CN(F)C=CC2=N1. The number of anilines is 1. The lowest BCUT2D eigenvalue weighted by atomic mass is 10.3. The number of nitrogens with one attached hydrogen (secondary N) is 2. The van der Waals surface area contributed by atoms with Crippen molar-refractivity contribution in [3.8, 4) is 0 Å². The first-order valence-corrected chi connectivity index (χ1v) is 5.86. The lowest BCUT2D eigenvalue weighted by Gasteiger charge is -2.17. The van der Waals surface area contributed by atoms with E-state index < -0.39 is 0 Å². The van der Waals surface area contributed by atoms with E-state index in [1.807, 2.05) is 18.2 Å². The van der Waals surface area contributed by atoms with Crippen LogP contribution in [0.4, 0.5) is 10.2 Å². The van der Waals surface area contributed by atoms with Crippen molar-refractivity contribution >= 4 is 17.4 Å². The van der Waals surface area contributed by atoms with Gasteiger partial charge >= 0.3 is 0 Å². The summed E-state index contributed by atoms with van der Waals surface area (Å²) in [4.78, 5) is 16.9. The summed E-state index contributed by atoms with van der Waals surface area (Å²) in [5.41, 5.74) is 1.00. The number of amidine groups is 1. The molecule has 0 spiro atoms. The first kappa shape index (κ1) is 11.6. The van der Waals surface area contributed by atoms with Gasteiger partial charge in [-0.25, -0.2) is 4.90 Å². The van der Waals surface area contributed by atoms with E-state index in [9.17, 15) is 9.28 Å². The second-order valence-electron chi connectivity index (χ2n) is 4.25. The normalized spacial score (nSPS) is 20.7. The van der Waals surface area contributed by atoms with Gasteiger partial charge in [-0.3, -0.25) is 4.79 Å². The van der Waals surface area contributed by atoms with Gasteiger partial charge < -0.3 is 5.32 Å². The molecule has 0 aliphatic carbocycles. The van der Waals surface area contributed by atoms with E-state index >= 15 is 0 Å². The van der Waals surface area contributed by atoms with E-state index in [2.05, 4.69) is 10.3 Å². The van der Waals surface area contributed by atoms with Gasteiger partial charge in [-0.15, -0.1) is 0 Å². The first-order valence-electron chi connectivity index (χ1n) is 5.86. The number of halogens is 1. The monoisotopic (exact) mass is 259 g/mol. The molecule has 1 aromatic rings. The summed E-state index contributed by atoms with van der Waals surface area (Å²) in [6, 6.07) is 9.13. The molecule has 0 radical (unpaired) electrons. The molecule has 1 amide bonds. The molecule has 5 nitrogen and oxygen atoms in total. The highest BCUT2D eigenvalue weighted by Gasteiger charge is 2.29. The fourth-order valence-corrected chi connectivity index (χ4v) is 1.94. The van der Waals surface area contributed by atoms with Gasteiger partial charge in [0.15, 0.2) is 12.4 Å². The summed E-state index contributed by atoms with van der Waals surface area (Å²) < 4.78 is 13.0. The van der Waals surface area contributed by atoms with Gasteiger partial charge in [0.1, 0.15) is 6.20 Å². The average Bonchev–Trinajstić information content (AvgIpc) is 2.83. The van der Waals surface area contributed by atoms with Crippen molar-refractivity contribution in [2.45, 2.75) is 0 Å². The molecule has 6 heteroatoms. The quantitative estimate of drug-likeness (QED) is 0.757. The molecule has 2 heterocycles. The number of hydrogen-bond donors (Lipinski definition) is 2. The average molecular weight is 259 g/mol. The van der Waals surface area contributed by atoms with E-state index in [4.69, 9.17) is 0 Å². The number of amides is 1. The third-order valence-corrected chi connectivity index (χ3v) is 2.86. The zero-order valence-electron chi connectivity index (χ0n) is 10.0. The number of fused-ring (bicyclic) bond motifs is 1. The largest absolute Gasteiger partial charge is 0.320 e. The van der Waals surface area contributed by atoms with Crippen LogP contribution in [0.1, 0.15) is 0 Å². The van der Waals surface area contributed by atoms with E-state index in [0.717, 1.165) is 0 Å². The van der Waals surface area contributed by atoms with Gasteiger partial charge in [0.05, 0.1) is 0 Å². The number of carbonyl (C=O) groups excluding carboxylic acids is 1. The molecule has 1 atom stereocenters. The third-order valence-electron chi connectivity index (χ3n) is 2.86. The fraction of sp³-hybridized carbons (Fsp3) is 0.0769. The van der Waals surface area contributed by atoms with Crippen LogP contribution in [0.3, 0.4) is 0 Å².